The normalized spacial score (nSPS) is 11.9. The van der Waals surface area contributed by atoms with Crippen molar-refractivity contribution in [2.24, 2.45) is 5.92 Å². The molecule has 0 fully saturated rings. The lowest BCUT2D eigenvalue weighted by atomic mass is 10.0. The van der Waals surface area contributed by atoms with Gasteiger partial charge in [-0.15, -0.1) is 0 Å². The molecule has 0 heterocycles. The molecule has 0 saturated heterocycles. The van der Waals surface area contributed by atoms with Crippen LogP contribution in [0.5, 0.6) is 0 Å². The van der Waals surface area contributed by atoms with Crippen molar-refractivity contribution in [3.63, 3.8) is 0 Å². The summed E-state index contributed by atoms with van der Waals surface area (Å²) in [6.45, 7) is 8.94. The molecule has 0 aromatic rings. The monoisotopic (exact) mass is 765 g/mol. The molecule has 0 N–H and O–H groups in total. The van der Waals surface area contributed by atoms with Crippen LogP contribution in [0.2, 0.25) is 0 Å². The van der Waals surface area contributed by atoms with Gasteiger partial charge in [-0.05, 0) is 25.2 Å². The van der Waals surface area contributed by atoms with E-state index in [4.69, 9.17) is 14.2 Å². The van der Waals surface area contributed by atoms with E-state index in [2.05, 4.69) is 27.7 Å². The Morgan fingerprint density at radius 2 is 0.611 bits per heavy atom. The van der Waals surface area contributed by atoms with Crippen LogP contribution < -0.4 is 0 Å². The van der Waals surface area contributed by atoms with Crippen LogP contribution in [-0.4, -0.2) is 37.2 Å². The van der Waals surface area contributed by atoms with Gasteiger partial charge in [0.25, 0.3) is 0 Å². The second kappa shape index (κ2) is 42.6. The van der Waals surface area contributed by atoms with Crippen LogP contribution in [0.25, 0.3) is 0 Å². The Balaban J connectivity index is 4.15. The van der Waals surface area contributed by atoms with E-state index in [9.17, 15) is 14.4 Å². The number of carbonyl (C=O) groups excluding carboxylic acids is 3. The predicted molar refractivity (Wildman–Crippen MR) is 229 cm³/mol. The van der Waals surface area contributed by atoms with Crippen molar-refractivity contribution in [2.75, 3.05) is 13.2 Å². The number of hydrogen-bond donors (Lipinski definition) is 0. The van der Waals surface area contributed by atoms with Gasteiger partial charge >= 0.3 is 17.9 Å². The molecule has 6 heteroatoms. The summed E-state index contributed by atoms with van der Waals surface area (Å²) in [5, 5.41) is 0. The lowest BCUT2D eigenvalue weighted by molar-refractivity contribution is -0.167. The first-order valence-electron chi connectivity index (χ1n) is 23.9. The van der Waals surface area contributed by atoms with Crippen LogP contribution in [0, 0.1) is 5.92 Å². The van der Waals surface area contributed by atoms with Gasteiger partial charge in [0.2, 0.25) is 0 Å². The van der Waals surface area contributed by atoms with Crippen molar-refractivity contribution >= 4 is 17.9 Å². The third-order valence-corrected chi connectivity index (χ3v) is 10.8. The van der Waals surface area contributed by atoms with Crippen molar-refractivity contribution < 1.29 is 28.6 Å². The maximum Gasteiger partial charge on any atom is 0.306 e. The highest BCUT2D eigenvalue weighted by molar-refractivity contribution is 5.71. The lowest BCUT2D eigenvalue weighted by Crippen LogP contribution is -2.30. The second-order valence-electron chi connectivity index (χ2n) is 16.9. The van der Waals surface area contributed by atoms with Gasteiger partial charge in [0, 0.05) is 19.3 Å². The van der Waals surface area contributed by atoms with Gasteiger partial charge < -0.3 is 14.2 Å². The minimum atomic E-state index is -0.758. The molecule has 0 bridgehead atoms. The zero-order valence-corrected chi connectivity index (χ0v) is 36.7. The van der Waals surface area contributed by atoms with E-state index in [-0.39, 0.29) is 31.1 Å². The molecule has 0 amide bonds. The number of esters is 3. The van der Waals surface area contributed by atoms with Gasteiger partial charge in [-0.1, -0.05) is 227 Å². The molecular weight excluding hydrogens is 673 g/mol. The lowest BCUT2D eigenvalue weighted by Gasteiger charge is -2.18. The summed E-state index contributed by atoms with van der Waals surface area (Å²) in [5.74, 6) is -0.0258. The van der Waals surface area contributed by atoms with Crippen LogP contribution in [-0.2, 0) is 28.6 Å². The fraction of sp³-hybridized carbons (Fsp3) is 0.938. The summed E-state index contributed by atoms with van der Waals surface area (Å²) in [7, 11) is 0. The van der Waals surface area contributed by atoms with Gasteiger partial charge in [-0.3, -0.25) is 14.4 Å². The molecule has 0 spiro atoms. The highest BCUT2D eigenvalue weighted by Crippen LogP contribution is 2.17. The molecule has 0 unspecified atom stereocenters. The van der Waals surface area contributed by atoms with E-state index in [1.165, 1.54) is 154 Å². The largest absolute Gasteiger partial charge is 0.462 e. The Kier molecular flexibility index (Phi) is 41.3. The van der Waals surface area contributed by atoms with Crippen molar-refractivity contribution in [1.29, 1.82) is 0 Å². The molecule has 0 radical (unpaired) electrons. The zero-order valence-electron chi connectivity index (χ0n) is 36.7. The Labute approximate surface area is 336 Å². The summed E-state index contributed by atoms with van der Waals surface area (Å²) in [6.07, 6.45) is 42.6. The van der Waals surface area contributed by atoms with E-state index >= 15 is 0 Å². The number of ether oxygens (including phenoxy) is 3. The minimum absolute atomic E-state index is 0.0643. The fourth-order valence-corrected chi connectivity index (χ4v) is 7.16. The van der Waals surface area contributed by atoms with Crippen molar-refractivity contribution in [1.82, 2.24) is 0 Å². The SMILES string of the molecule is CCCCCCCCCCCCCCCCCC(=O)OC[C@H](COC(=O)CCCCCCC)OC(=O)CCCCCCCCCCCCCCCC(C)C. The van der Waals surface area contributed by atoms with E-state index < -0.39 is 6.10 Å². The molecule has 0 aromatic heterocycles. The minimum Gasteiger partial charge on any atom is -0.462 e. The summed E-state index contributed by atoms with van der Waals surface area (Å²) in [6, 6.07) is 0. The maximum atomic E-state index is 12.7. The van der Waals surface area contributed by atoms with Crippen molar-refractivity contribution in [3.8, 4) is 0 Å². The van der Waals surface area contributed by atoms with Crippen LogP contribution in [0.3, 0.4) is 0 Å². The number of carbonyl (C=O) groups is 3. The Hall–Kier alpha value is -1.59. The first-order valence-corrected chi connectivity index (χ1v) is 23.9. The second-order valence-corrected chi connectivity index (χ2v) is 16.9. The first kappa shape index (κ1) is 52.4. The zero-order chi connectivity index (χ0) is 39.6. The van der Waals surface area contributed by atoms with E-state index in [0.29, 0.717) is 19.3 Å². The summed E-state index contributed by atoms with van der Waals surface area (Å²) in [4.78, 5) is 37.5. The van der Waals surface area contributed by atoms with E-state index in [1.807, 2.05) is 0 Å². The molecule has 54 heavy (non-hydrogen) atoms. The number of rotatable bonds is 43. The third-order valence-electron chi connectivity index (χ3n) is 10.8. The summed E-state index contributed by atoms with van der Waals surface area (Å²) in [5.41, 5.74) is 0. The average molecular weight is 765 g/mol. The van der Waals surface area contributed by atoms with E-state index in [0.717, 1.165) is 70.1 Å². The number of hydrogen-bond acceptors (Lipinski definition) is 6. The van der Waals surface area contributed by atoms with Crippen LogP contribution in [0.1, 0.15) is 265 Å². The number of unbranched alkanes of at least 4 members (excludes halogenated alkanes) is 30. The highest BCUT2D eigenvalue weighted by Gasteiger charge is 2.19. The summed E-state index contributed by atoms with van der Waals surface area (Å²) < 4.78 is 16.6. The molecule has 0 aliphatic heterocycles. The maximum absolute atomic E-state index is 12.7. The highest BCUT2D eigenvalue weighted by atomic mass is 16.6. The average Bonchev–Trinajstić information content (AvgIpc) is 3.15. The molecule has 0 aromatic carbocycles. The molecule has 0 saturated carbocycles. The molecule has 0 aliphatic carbocycles. The molecule has 0 rings (SSSR count). The standard InChI is InChI=1S/C48H92O6/c1-5-7-9-11-12-13-14-15-16-19-22-25-28-32-36-40-47(50)53-43-45(42-52-46(49)39-35-30-10-8-6-2)54-48(51)41-37-33-29-26-23-20-17-18-21-24-27-31-34-38-44(3)4/h44-45H,5-43H2,1-4H3/t45-/m0/s1. The van der Waals surface area contributed by atoms with Crippen molar-refractivity contribution in [3.05, 3.63) is 0 Å². The van der Waals surface area contributed by atoms with Crippen molar-refractivity contribution in [2.45, 2.75) is 271 Å². The molecule has 1 atom stereocenters. The Morgan fingerprint density at radius 1 is 0.352 bits per heavy atom. The molecular formula is C48H92O6. The van der Waals surface area contributed by atoms with Gasteiger partial charge in [0.15, 0.2) is 6.10 Å². The molecule has 0 aliphatic rings. The smallest absolute Gasteiger partial charge is 0.306 e. The van der Waals surface area contributed by atoms with Crippen LogP contribution in [0.4, 0.5) is 0 Å². The van der Waals surface area contributed by atoms with Crippen LogP contribution >= 0.6 is 0 Å². The van der Waals surface area contributed by atoms with Gasteiger partial charge in [-0.2, -0.15) is 0 Å². The quantitative estimate of drug-likeness (QED) is 0.0349. The third kappa shape index (κ3) is 41.6. The Bertz CT molecular complexity index is 811. The molecule has 320 valence electrons. The van der Waals surface area contributed by atoms with E-state index in [1.54, 1.807) is 0 Å². The predicted octanol–water partition coefficient (Wildman–Crippen LogP) is 15.1. The van der Waals surface area contributed by atoms with Gasteiger partial charge in [0.05, 0.1) is 0 Å². The van der Waals surface area contributed by atoms with Gasteiger partial charge in [0.1, 0.15) is 13.2 Å². The fourth-order valence-electron chi connectivity index (χ4n) is 7.16. The summed E-state index contributed by atoms with van der Waals surface area (Å²) >= 11 is 0. The van der Waals surface area contributed by atoms with Gasteiger partial charge in [-0.25, -0.2) is 0 Å². The Morgan fingerprint density at radius 3 is 0.907 bits per heavy atom. The van der Waals surface area contributed by atoms with Crippen LogP contribution in [0.15, 0.2) is 0 Å². The topological polar surface area (TPSA) is 78.9 Å². The molecule has 6 nitrogen and oxygen atoms in total. The first-order chi connectivity index (χ1) is 26.4.